The number of halogens is 2. The molecule has 0 aliphatic carbocycles. The van der Waals surface area contributed by atoms with Gasteiger partial charge in [-0.3, -0.25) is 0 Å². The fraction of sp³-hybridized carbons (Fsp3) is 0.250. The Hall–Kier alpha value is -1.91. The molecule has 1 aromatic carbocycles. The van der Waals surface area contributed by atoms with Crippen LogP contribution in [0.25, 0.3) is 0 Å². The summed E-state index contributed by atoms with van der Waals surface area (Å²) in [7, 11) is 1.78. The molecule has 2 aromatic rings. The van der Waals surface area contributed by atoms with E-state index in [0.717, 1.165) is 12.0 Å². The molecule has 0 saturated carbocycles. The first-order valence-electron chi connectivity index (χ1n) is 5.33. The molecule has 1 heterocycles. The summed E-state index contributed by atoms with van der Waals surface area (Å²) < 4.78 is 27.8. The van der Waals surface area contributed by atoms with Crippen molar-refractivity contribution in [1.29, 1.82) is 0 Å². The second kappa shape index (κ2) is 4.95. The third-order valence-electron chi connectivity index (χ3n) is 2.50. The van der Waals surface area contributed by atoms with E-state index < -0.39 is 11.6 Å². The summed E-state index contributed by atoms with van der Waals surface area (Å²) in [6.45, 7) is 0.624. The van der Waals surface area contributed by atoms with Crippen LogP contribution in [0.2, 0.25) is 0 Å². The number of nitrogens with one attached hydrogen (secondary N) is 1. The molecule has 0 unspecified atom stereocenters. The van der Waals surface area contributed by atoms with Gasteiger partial charge in [-0.2, -0.15) is 0 Å². The van der Waals surface area contributed by atoms with E-state index in [1.54, 1.807) is 13.2 Å². The topological polar surface area (TPSA) is 29.9 Å². The molecule has 3 nitrogen and oxygen atoms in total. The standard InChI is InChI=1S/C12H13F2N3/c1-15-12-16-3-5-17(12)4-2-9-6-10(13)8-11(14)7-9/h3,5-8H,2,4H2,1H3,(H,15,16). The van der Waals surface area contributed by atoms with Gasteiger partial charge in [-0.05, 0) is 24.1 Å². The van der Waals surface area contributed by atoms with Gasteiger partial charge in [0.15, 0.2) is 0 Å². The van der Waals surface area contributed by atoms with E-state index in [1.165, 1.54) is 12.1 Å². The van der Waals surface area contributed by atoms with Crippen molar-refractivity contribution in [3.05, 3.63) is 47.8 Å². The molecule has 90 valence electrons. The molecule has 0 spiro atoms. The molecule has 0 amide bonds. The van der Waals surface area contributed by atoms with Crippen LogP contribution >= 0.6 is 0 Å². The highest BCUT2D eigenvalue weighted by molar-refractivity contribution is 5.25. The van der Waals surface area contributed by atoms with Crippen LogP contribution in [0.1, 0.15) is 5.56 Å². The van der Waals surface area contributed by atoms with Crippen molar-refractivity contribution in [3.63, 3.8) is 0 Å². The van der Waals surface area contributed by atoms with E-state index in [1.807, 2.05) is 10.8 Å². The van der Waals surface area contributed by atoms with Crippen molar-refractivity contribution in [2.45, 2.75) is 13.0 Å². The second-order valence-corrected chi connectivity index (χ2v) is 3.72. The van der Waals surface area contributed by atoms with E-state index in [4.69, 9.17) is 0 Å². The van der Waals surface area contributed by atoms with Gasteiger partial charge in [0.05, 0.1) is 0 Å². The van der Waals surface area contributed by atoms with Gasteiger partial charge in [-0.15, -0.1) is 0 Å². The highest BCUT2D eigenvalue weighted by Gasteiger charge is 2.03. The third kappa shape index (κ3) is 2.81. The molecule has 0 aliphatic heterocycles. The Morgan fingerprint density at radius 1 is 1.24 bits per heavy atom. The quantitative estimate of drug-likeness (QED) is 0.885. The average molecular weight is 237 g/mol. The van der Waals surface area contributed by atoms with Gasteiger partial charge in [-0.1, -0.05) is 0 Å². The minimum Gasteiger partial charge on any atom is -0.359 e. The number of aryl methyl sites for hydroxylation is 2. The smallest absolute Gasteiger partial charge is 0.202 e. The van der Waals surface area contributed by atoms with E-state index in [0.29, 0.717) is 18.5 Å². The van der Waals surface area contributed by atoms with E-state index >= 15 is 0 Å². The van der Waals surface area contributed by atoms with Crippen LogP contribution in [0.5, 0.6) is 0 Å². The van der Waals surface area contributed by atoms with Gasteiger partial charge < -0.3 is 9.88 Å². The van der Waals surface area contributed by atoms with E-state index in [-0.39, 0.29) is 0 Å². The van der Waals surface area contributed by atoms with Crippen molar-refractivity contribution in [2.75, 3.05) is 12.4 Å². The number of hydrogen-bond acceptors (Lipinski definition) is 2. The molecule has 0 aliphatic rings. The highest BCUT2D eigenvalue weighted by Crippen LogP contribution is 2.11. The number of aromatic nitrogens is 2. The first-order chi connectivity index (χ1) is 8.19. The van der Waals surface area contributed by atoms with Crippen LogP contribution in [-0.4, -0.2) is 16.6 Å². The van der Waals surface area contributed by atoms with Crippen LogP contribution in [-0.2, 0) is 13.0 Å². The van der Waals surface area contributed by atoms with Crippen LogP contribution in [0.4, 0.5) is 14.7 Å². The molecule has 17 heavy (non-hydrogen) atoms. The summed E-state index contributed by atoms with van der Waals surface area (Å²) in [5.41, 5.74) is 0.637. The minimum absolute atomic E-state index is 0.542. The molecule has 0 saturated heterocycles. The number of anilines is 1. The fourth-order valence-corrected chi connectivity index (χ4v) is 1.72. The molecule has 1 N–H and O–H groups in total. The summed E-state index contributed by atoms with van der Waals surface area (Å²) >= 11 is 0. The molecule has 2 rings (SSSR count). The van der Waals surface area contributed by atoms with Crippen molar-refractivity contribution in [2.24, 2.45) is 0 Å². The van der Waals surface area contributed by atoms with Crippen molar-refractivity contribution < 1.29 is 8.78 Å². The fourth-order valence-electron chi connectivity index (χ4n) is 1.72. The molecular weight excluding hydrogens is 224 g/mol. The Labute approximate surface area is 98.1 Å². The van der Waals surface area contributed by atoms with E-state index in [2.05, 4.69) is 10.3 Å². The summed E-state index contributed by atoms with van der Waals surface area (Å²) in [5.74, 6) is -0.346. The summed E-state index contributed by atoms with van der Waals surface area (Å²) in [5, 5.41) is 2.94. The second-order valence-electron chi connectivity index (χ2n) is 3.72. The van der Waals surface area contributed by atoms with Crippen molar-refractivity contribution in [3.8, 4) is 0 Å². The number of nitrogens with zero attached hydrogens (tertiary/aromatic N) is 2. The normalized spacial score (nSPS) is 10.5. The molecule has 0 bridgehead atoms. The Bertz CT molecular complexity index is 488. The first kappa shape index (κ1) is 11.6. The summed E-state index contributed by atoms with van der Waals surface area (Å²) in [4.78, 5) is 4.09. The highest BCUT2D eigenvalue weighted by atomic mass is 19.1. The van der Waals surface area contributed by atoms with Gasteiger partial charge in [0.2, 0.25) is 5.95 Å². The lowest BCUT2D eigenvalue weighted by Gasteiger charge is -2.07. The van der Waals surface area contributed by atoms with Crippen molar-refractivity contribution >= 4 is 5.95 Å². The SMILES string of the molecule is CNc1nccn1CCc1cc(F)cc(F)c1. The maximum Gasteiger partial charge on any atom is 0.202 e. The lowest BCUT2D eigenvalue weighted by molar-refractivity contribution is 0.576. The molecule has 5 heteroatoms. The van der Waals surface area contributed by atoms with Crippen LogP contribution in [0.3, 0.4) is 0 Å². The lowest BCUT2D eigenvalue weighted by Crippen LogP contribution is -2.05. The maximum atomic E-state index is 13.0. The monoisotopic (exact) mass is 237 g/mol. The zero-order chi connectivity index (χ0) is 12.3. The van der Waals surface area contributed by atoms with E-state index in [9.17, 15) is 8.78 Å². The maximum absolute atomic E-state index is 13.0. The number of benzene rings is 1. The van der Waals surface area contributed by atoms with Gasteiger partial charge in [0.1, 0.15) is 11.6 Å². The third-order valence-corrected chi connectivity index (χ3v) is 2.50. The van der Waals surface area contributed by atoms with Gasteiger partial charge in [-0.25, -0.2) is 13.8 Å². The number of rotatable bonds is 4. The predicted octanol–water partition coefficient (Wildman–Crippen LogP) is 2.45. The van der Waals surface area contributed by atoms with Gasteiger partial charge in [0.25, 0.3) is 0 Å². The summed E-state index contributed by atoms with van der Waals surface area (Å²) in [6.07, 6.45) is 4.05. The molecule has 0 fully saturated rings. The van der Waals surface area contributed by atoms with Crippen molar-refractivity contribution in [1.82, 2.24) is 9.55 Å². The number of imidazole rings is 1. The average Bonchev–Trinajstić information content (AvgIpc) is 2.72. The Balaban J connectivity index is 2.07. The first-order valence-corrected chi connectivity index (χ1v) is 5.33. The number of hydrogen-bond donors (Lipinski definition) is 1. The Morgan fingerprint density at radius 3 is 2.59 bits per heavy atom. The minimum atomic E-state index is -0.542. The van der Waals surface area contributed by atoms with Crippen LogP contribution in [0.15, 0.2) is 30.6 Å². The van der Waals surface area contributed by atoms with Crippen LogP contribution < -0.4 is 5.32 Å². The Kier molecular flexibility index (Phi) is 3.37. The van der Waals surface area contributed by atoms with Gasteiger partial charge >= 0.3 is 0 Å². The lowest BCUT2D eigenvalue weighted by atomic mass is 10.1. The molecule has 0 radical (unpaired) electrons. The molecule has 0 atom stereocenters. The summed E-state index contributed by atoms with van der Waals surface area (Å²) in [6, 6.07) is 3.57. The predicted molar refractivity (Wildman–Crippen MR) is 61.8 cm³/mol. The molecule has 1 aromatic heterocycles. The van der Waals surface area contributed by atoms with Gasteiger partial charge in [0, 0.05) is 32.1 Å². The van der Waals surface area contributed by atoms with Crippen LogP contribution in [0, 0.1) is 11.6 Å². The molecular formula is C12H13F2N3. The Morgan fingerprint density at radius 2 is 1.94 bits per heavy atom. The zero-order valence-corrected chi connectivity index (χ0v) is 9.45. The largest absolute Gasteiger partial charge is 0.359 e. The zero-order valence-electron chi connectivity index (χ0n) is 9.45.